The maximum Gasteiger partial charge on any atom is 0.0174 e. The molecule has 128 valence electrons. The van der Waals surface area contributed by atoms with Gasteiger partial charge in [0, 0.05) is 17.6 Å². The zero-order valence-corrected chi connectivity index (χ0v) is 16.3. The summed E-state index contributed by atoms with van der Waals surface area (Å²) in [6, 6.07) is 0. The van der Waals surface area contributed by atoms with Crippen molar-refractivity contribution < 1.29 is 0 Å². The Hall–Kier alpha value is -0.0800. The van der Waals surface area contributed by atoms with Gasteiger partial charge in [0.05, 0.1) is 0 Å². The molecule has 0 bridgehead atoms. The van der Waals surface area contributed by atoms with Crippen LogP contribution < -0.4 is 11.1 Å². The van der Waals surface area contributed by atoms with E-state index in [1.807, 2.05) is 0 Å². The van der Waals surface area contributed by atoms with Crippen molar-refractivity contribution in [2.75, 3.05) is 6.54 Å². The lowest BCUT2D eigenvalue weighted by Crippen LogP contribution is -2.49. The summed E-state index contributed by atoms with van der Waals surface area (Å²) in [5, 5.41) is 3.78. The Morgan fingerprint density at radius 3 is 1.67 bits per heavy atom. The summed E-state index contributed by atoms with van der Waals surface area (Å²) in [6.45, 7) is 21.6. The molecule has 0 radical (unpaired) electrons. The highest BCUT2D eigenvalue weighted by Crippen LogP contribution is 2.34. The van der Waals surface area contributed by atoms with Gasteiger partial charge in [-0.25, -0.2) is 0 Å². The number of nitrogens with two attached hydrogens (primary N) is 1. The molecule has 3 N–H and O–H groups in total. The molecule has 0 aliphatic rings. The monoisotopic (exact) mass is 298 g/mol. The highest BCUT2D eigenvalue weighted by atomic mass is 15.0. The first-order valence-electron chi connectivity index (χ1n) is 8.82. The summed E-state index contributed by atoms with van der Waals surface area (Å²) in [7, 11) is 0. The molecule has 0 spiro atoms. The summed E-state index contributed by atoms with van der Waals surface area (Å²) in [5.74, 6) is 0. The van der Waals surface area contributed by atoms with Crippen LogP contribution in [0, 0.1) is 10.8 Å². The molecule has 2 nitrogen and oxygen atoms in total. The lowest BCUT2D eigenvalue weighted by Gasteiger charge is -2.40. The van der Waals surface area contributed by atoms with Gasteiger partial charge in [-0.05, 0) is 50.4 Å². The van der Waals surface area contributed by atoms with Gasteiger partial charge in [0.15, 0.2) is 0 Å². The second kappa shape index (κ2) is 7.46. The summed E-state index contributed by atoms with van der Waals surface area (Å²) >= 11 is 0. The van der Waals surface area contributed by atoms with Crippen molar-refractivity contribution in [1.29, 1.82) is 0 Å². The zero-order chi connectivity index (χ0) is 16.9. The largest absolute Gasteiger partial charge is 0.325 e. The van der Waals surface area contributed by atoms with Crippen LogP contribution >= 0.6 is 0 Å². The van der Waals surface area contributed by atoms with Crippen LogP contribution in [0.1, 0.15) is 94.4 Å². The van der Waals surface area contributed by atoms with Crippen molar-refractivity contribution in [2.24, 2.45) is 16.6 Å². The molecule has 0 saturated heterocycles. The minimum Gasteiger partial charge on any atom is -0.325 e. The van der Waals surface area contributed by atoms with Crippen molar-refractivity contribution in [1.82, 2.24) is 5.32 Å². The van der Waals surface area contributed by atoms with Gasteiger partial charge in [0.2, 0.25) is 0 Å². The summed E-state index contributed by atoms with van der Waals surface area (Å²) in [6.07, 6.45) is 5.90. The second-order valence-corrected chi connectivity index (χ2v) is 9.31. The zero-order valence-electron chi connectivity index (χ0n) is 16.3. The Kier molecular flexibility index (Phi) is 7.43. The predicted octanol–water partition coefficient (Wildman–Crippen LogP) is 5.11. The van der Waals surface area contributed by atoms with E-state index in [4.69, 9.17) is 5.73 Å². The van der Waals surface area contributed by atoms with Crippen molar-refractivity contribution in [3.8, 4) is 0 Å². The van der Waals surface area contributed by atoms with Gasteiger partial charge in [0.25, 0.3) is 0 Å². The Labute approximate surface area is 134 Å². The van der Waals surface area contributed by atoms with E-state index in [0.29, 0.717) is 5.41 Å². The van der Waals surface area contributed by atoms with Crippen LogP contribution in [0.5, 0.6) is 0 Å². The van der Waals surface area contributed by atoms with Crippen LogP contribution in [-0.2, 0) is 0 Å². The summed E-state index contributed by atoms with van der Waals surface area (Å²) in [5.41, 5.74) is 7.19. The first-order valence-corrected chi connectivity index (χ1v) is 8.82. The third-order valence-corrected chi connectivity index (χ3v) is 5.82. The summed E-state index contributed by atoms with van der Waals surface area (Å²) in [4.78, 5) is 0. The Morgan fingerprint density at radius 2 is 1.29 bits per heavy atom. The molecule has 0 aliphatic heterocycles. The maximum absolute atomic E-state index is 6.49. The molecule has 0 saturated carbocycles. The van der Waals surface area contributed by atoms with E-state index < -0.39 is 0 Å². The van der Waals surface area contributed by atoms with Crippen LogP contribution in [-0.4, -0.2) is 17.6 Å². The third-order valence-electron chi connectivity index (χ3n) is 5.82. The molecule has 0 amide bonds. The van der Waals surface area contributed by atoms with E-state index in [9.17, 15) is 0 Å². The van der Waals surface area contributed by atoms with E-state index >= 15 is 0 Å². The Morgan fingerprint density at radius 1 is 0.810 bits per heavy atom. The van der Waals surface area contributed by atoms with Crippen LogP contribution in [0.2, 0.25) is 0 Å². The summed E-state index contributed by atoms with van der Waals surface area (Å²) < 4.78 is 0. The van der Waals surface area contributed by atoms with Crippen molar-refractivity contribution in [2.45, 2.75) is 105 Å². The number of nitrogens with one attached hydrogen (secondary N) is 1. The molecule has 0 aromatic heterocycles. The molecule has 1 atom stereocenters. The third kappa shape index (κ3) is 7.15. The van der Waals surface area contributed by atoms with E-state index in [-0.39, 0.29) is 16.5 Å². The lowest BCUT2D eigenvalue weighted by atomic mass is 9.72. The second-order valence-electron chi connectivity index (χ2n) is 9.31. The smallest absolute Gasteiger partial charge is 0.0174 e. The Bertz CT molecular complexity index is 293. The topological polar surface area (TPSA) is 38.0 Å². The molecule has 0 heterocycles. The fraction of sp³-hybridized carbons (Fsp3) is 1.00. The average molecular weight is 299 g/mol. The molecule has 1 unspecified atom stereocenters. The SMILES string of the molecule is CCC(C)(CC)NCC(C)(C)CCCC(C)(N)C(C)(C)C. The number of hydrogen-bond acceptors (Lipinski definition) is 2. The highest BCUT2D eigenvalue weighted by molar-refractivity contribution is 4.91. The van der Waals surface area contributed by atoms with Gasteiger partial charge in [-0.1, -0.05) is 54.9 Å². The average Bonchev–Trinajstić information content (AvgIpc) is 2.34. The fourth-order valence-electron chi connectivity index (χ4n) is 2.35. The van der Waals surface area contributed by atoms with Crippen LogP contribution in [0.25, 0.3) is 0 Å². The molecule has 0 rings (SSSR count). The first-order chi connectivity index (χ1) is 9.29. The minimum atomic E-state index is -0.0855. The number of hydrogen-bond donors (Lipinski definition) is 2. The van der Waals surface area contributed by atoms with Crippen LogP contribution in [0.3, 0.4) is 0 Å². The van der Waals surface area contributed by atoms with Gasteiger partial charge in [-0.15, -0.1) is 0 Å². The van der Waals surface area contributed by atoms with Crippen LogP contribution in [0.15, 0.2) is 0 Å². The standard InChI is InChI=1S/C19H42N2/c1-10-18(8,11-2)21-15-17(6,7)13-12-14-19(9,20)16(3,4)5/h21H,10-15,20H2,1-9H3. The van der Waals surface area contributed by atoms with E-state index in [0.717, 1.165) is 13.0 Å². The molecule has 0 aromatic rings. The number of rotatable bonds is 9. The van der Waals surface area contributed by atoms with E-state index in [1.54, 1.807) is 0 Å². The maximum atomic E-state index is 6.49. The molecule has 0 fully saturated rings. The van der Waals surface area contributed by atoms with Crippen molar-refractivity contribution in [3.05, 3.63) is 0 Å². The fourth-order valence-corrected chi connectivity index (χ4v) is 2.35. The Balaban J connectivity index is 4.32. The lowest BCUT2D eigenvalue weighted by molar-refractivity contribution is 0.175. The quantitative estimate of drug-likeness (QED) is 0.620. The van der Waals surface area contributed by atoms with Crippen LogP contribution in [0.4, 0.5) is 0 Å². The van der Waals surface area contributed by atoms with Gasteiger partial charge >= 0.3 is 0 Å². The molecule has 0 aliphatic carbocycles. The molecule has 21 heavy (non-hydrogen) atoms. The predicted molar refractivity (Wildman–Crippen MR) is 96.7 cm³/mol. The minimum absolute atomic E-state index is 0.0855. The molecule has 0 aromatic carbocycles. The van der Waals surface area contributed by atoms with E-state index in [1.165, 1.54) is 25.7 Å². The first kappa shape index (κ1) is 20.9. The van der Waals surface area contributed by atoms with E-state index in [2.05, 4.69) is 67.6 Å². The molecular weight excluding hydrogens is 256 g/mol. The van der Waals surface area contributed by atoms with Gasteiger partial charge < -0.3 is 11.1 Å². The van der Waals surface area contributed by atoms with Gasteiger partial charge in [-0.2, -0.15) is 0 Å². The normalized spacial score (nSPS) is 16.9. The van der Waals surface area contributed by atoms with Gasteiger partial charge in [0.1, 0.15) is 0 Å². The van der Waals surface area contributed by atoms with Gasteiger partial charge in [-0.3, -0.25) is 0 Å². The van der Waals surface area contributed by atoms with Crippen molar-refractivity contribution in [3.63, 3.8) is 0 Å². The molecular formula is C19H42N2. The molecule has 2 heteroatoms. The highest BCUT2D eigenvalue weighted by Gasteiger charge is 2.33. The van der Waals surface area contributed by atoms with Crippen molar-refractivity contribution >= 4 is 0 Å².